The molecule has 0 amide bonds. The second-order valence-corrected chi connectivity index (χ2v) is 6.33. The van der Waals surface area contributed by atoms with Crippen LogP contribution >= 0.6 is 24.0 Å². The average molecular weight is 443 g/mol. The van der Waals surface area contributed by atoms with Crippen LogP contribution in [0.15, 0.2) is 4.99 Å². The SMILES string of the molecule is CCCC(CCO)CNC(=NCC(=O)OC(C)(C)C)NCC.I. The third-order valence-corrected chi connectivity index (χ3v) is 2.92. The summed E-state index contributed by atoms with van der Waals surface area (Å²) in [6, 6.07) is 0. The van der Waals surface area contributed by atoms with E-state index in [1.807, 2.05) is 27.7 Å². The van der Waals surface area contributed by atoms with Crippen molar-refractivity contribution in [2.45, 2.75) is 59.5 Å². The highest BCUT2D eigenvalue weighted by Gasteiger charge is 2.16. The topological polar surface area (TPSA) is 83.0 Å². The number of halogens is 1. The molecule has 0 radical (unpaired) electrons. The summed E-state index contributed by atoms with van der Waals surface area (Å²) in [5, 5.41) is 15.4. The maximum atomic E-state index is 11.7. The van der Waals surface area contributed by atoms with Gasteiger partial charge in [-0.2, -0.15) is 0 Å². The summed E-state index contributed by atoms with van der Waals surface area (Å²) in [6.07, 6.45) is 2.91. The van der Waals surface area contributed by atoms with Gasteiger partial charge in [-0.1, -0.05) is 13.3 Å². The molecule has 1 atom stereocenters. The number of rotatable bonds is 9. The number of carbonyl (C=O) groups excluding carboxylic acids is 1. The lowest BCUT2D eigenvalue weighted by Crippen LogP contribution is -2.40. The number of nitrogens with one attached hydrogen (secondary N) is 2. The zero-order valence-electron chi connectivity index (χ0n) is 15.1. The van der Waals surface area contributed by atoms with Crippen LogP contribution in [0.1, 0.15) is 53.9 Å². The summed E-state index contributed by atoms with van der Waals surface area (Å²) >= 11 is 0. The van der Waals surface area contributed by atoms with Crippen molar-refractivity contribution in [3.63, 3.8) is 0 Å². The molecule has 0 fully saturated rings. The van der Waals surface area contributed by atoms with Gasteiger partial charge < -0.3 is 20.5 Å². The van der Waals surface area contributed by atoms with Gasteiger partial charge in [-0.05, 0) is 46.5 Å². The summed E-state index contributed by atoms with van der Waals surface area (Å²) in [6.45, 7) is 11.2. The van der Waals surface area contributed by atoms with Crippen LogP contribution in [0.5, 0.6) is 0 Å². The van der Waals surface area contributed by atoms with Gasteiger partial charge in [-0.3, -0.25) is 4.79 Å². The number of carbonyl (C=O) groups is 1. The lowest BCUT2D eigenvalue weighted by atomic mass is 10.0. The Morgan fingerprint density at radius 1 is 1.22 bits per heavy atom. The normalized spacial score (nSPS) is 13.0. The van der Waals surface area contributed by atoms with E-state index in [4.69, 9.17) is 9.84 Å². The molecule has 6 nitrogen and oxygen atoms in total. The lowest BCUT2D eigenvalue weighted by Gasteiger charge is -2.20. The number of esters is 1. The van der Waals surface area contributed by atoms with Crippen molar-refractivity contribution in [3.8, 4) is 0 Å². The predicted octanol–water partition coefficient (Wildman–Crippen LogP) is 2.30. The Morgan fingerprint density at radius 2 is 1.87 bits per heavy atom. The molecule has 7 heteroatoms. The molecule has 0 heterocycles. The van der Waals surface area contributed by atoms with Gasteiger partial charge in [-0.15, -0.1) is 24.0 Å². The van der Waals surface area contributed by atoms with Crippen LogP contribution in [0, 0.1) is 5.92 Å². The Morgan fingerprint density at radius 3 is 2.35 bits per heavy atom. The second kappa shape index (κ2) is 13.8. The fourth-order valence-electron chi connectivity index (χ4n) is 2.04. The number of aliphatic imine (C=N–C) groups is 1. The first kappa shape index (κ1) is 24.7. The van der Waals surface area contributed by atoms with Gasteiger partial charge in [0.25, 0.3) is 0 Å². The Balaban J connectivity index is 0. The van der Waals surface area contributed by atoms with Crippen molar-refractivity contribution in [3.05, 3.63) is 0 Å². The number of aliphatic hydroxyl groups excluding tert-OH is 1. The van der Waals surface area contributed by atoms with E-state index in [9.17, 15) is 4.79 Å². The maximum absolute atomic E-state index is 11.7. The van der Waals surface area contributed by atoms with Crippen molar-refractivity contribution >= 4 is 35.9 Å². The van der Waals surface area contributed by atoms with Crippen molar-refractivity contribution in [2.24, 2.45) is 10.9 Å². The molecule has 0 aliphatic rings. The molecule has 0 aliphatic carbocycles. The fraction of sp³-hybridized carbons (Fsp3) is 0.875. The molecule has 0 rings (SSSR count). The van der Waals surface area contributed by atoms with E-state index in [0.29, 0.717) is 11.9 Å². The molecule has 0 aromatic heterocycles. The Hall–Kier alpha value is -0.570. The highest BCUT2D eigenvalue weighted by molar-refractivity contribution is 14.0. The van der Waals surface area contributed by atoms with Gasteiger partial charge in [0.15, 0.2) is 5.96 Å². The van der Waals surface area contributed by atoms with E-state index >= 15 is 0 Å². The largest absolute Gasteiger partial charge is 0.459 e. The van der Waals surface area contributed by atoms with Crippen LogP contribution in [-0.2, 0) is 9.53 Å². The van der Waals surface area contributed by atoms with E-state index < -0.39 is 5.60 Å². The monoisotopic (exact) mass is 443 g/mol. The van der Waals surface area contributed by atoms with Crippen molar-refractivity contribution in [1.82, 2.24) is 10.6 Å². The first-order valence-corrected chi connectivity index (χ1v) is 8.17. The summed E-state index contributed by atoms with van der Waals surface area (Å²) in [5.74, 6) is 0.665. The van der Waals surface area contributed by atoms with Crippen molar-refractivity contribution in [2.75, 3.05) is 26.2 Å². The standard InChI is InChI=1S/C16H33N3O3.HI/c1-6-8-13(9-10-20)11-18-15(17-7-2)19-12-14(21)22-16(3,4)5;/h13,20H,6-12H2,1-5H3,(H2,17,18,19);1H. The minimum atomic E-state index is -0.494. The van der Waals surface area contributed by atoms with Crippen molar-refractivity contribution in [1.29, 1.82) is 0 Å². The van der Waals surface area contributed by atoms with Gasteiger partial charge in [0.05, 0.1) is 0 Å². The quantitative estimate of drug-likeness (QED) is 0.221. The summed E-state index contributed by atoms with van der Waals surface area (Å²) < 4.78 is 5.23. The molecule has 23 heavy (non-hydrogen) atoms. The van der Waals surface area contributed by atoms with E-state index in [1.54, 1.807) is 0 Å². The smallest absolute Gasteiger partial charge is 0.328 e. The van der Waals surface area contributed by atoms with Crippen LogP contribution in [0.4, 0.5) is 0 Å². The molecule has 0 aromatic rings. The third kappa shape index (κ3) is 14.7. The molecular weight excluding hydrogens is 409 g/mol. The molecule has 3 N–H and O–H groups in total. The number of guanidine groups is 1. The summed E-state index contributed by atoms with van der Waals surface area (Å²) in [4.78, 5) is 15.9. The molecule has 0 bridgehead atoms. The molecule has 0 aliphatic heterocycles. The zero-order valence-corrected chi connectivity index (χ0v) is 17.5. The maximum Gasteiger partial charge on any atom is 0.328 e. The first-order chi connectivity index (χ1) is 10.3. The molecule has 138 valence electrons. The highest BCUT2D eigenvalue weighted by Crippen LogP contribution is 2.09. The number of nitrogens with zero attached hydrogens (tertiary/aromatic N) is 1. The number of ether oxygens (including phenoxy) is 1. The molecular formula is C16H34IN3O3. The highest BCUT2D eigenvalue weighted by atomic mass is 127. The van der Waals surface area contributed by atoms with Gasteiger partial charge in [0, 0.05) is 19.7 Å². The number of hydrogen-bond donors (Lipinski definition) is 3. The Kier molecular flexibility index (Phi) is 14.8. The zero-order chi connectivity index (χ0) is 17.0. The lowest BCUT2D eigenvalue weighted by molar-refractivity contribution is -0.152. The van der Waals surface area contributed by atoms with E-state index in [0.717, 1.165) is 32.4 Å². The molecule has 0 spiro atoms. The van der Waals surface area contributed by atoms with Crippen LogP contribution in [-0.4, -0.2) is 48.9 Å². The predicted molar refractivity (Wildman–Crippen MR) is 105 cm³/mol. The van der Waals surface area contributed by atoms with Gasteiger partial charge in [-0.25, -0.2) is 4.99 Å². The summed E-state index contributed by atoms with van der Waals surface area (Å²) in [5.41, 5.74) is -0.494. The second-order valence-electron chi connectivity index (χ2n) is 6.33. The molecule has 0 saturated heterocycles. The van der Waals surface area contributed by atoms with Crippen LogP contribution in [0.2, 0.25) is 0 Å². The van der Waals surface area contributed by atoms with Crippen LogP contribution < -0.4 is 10.6 Å². The minimum absolute atomic E-state index is 0. The van der Waals surface area contributed by atoms with Crippen molar-refractivity contribution < 1.29 is 14.6 Å². The average Bonchev–Trinajstić information content (AvgIpc) is 2.40. The number of aliphatic hydroxyl groups is 1. The van der Waals surface area contributed by atoms with E-state index in [1.165, 1.54) is 0 Å². The summed E-state index contributed by atoms with van der Waals surface area (Å²) in [7, 11) is 0. The minimum Gasteiger partial charge on any atom is -0.459 e. The molecule has 0 saturated carbocycles. The number of hydrogen-bond acceptors (Lipinski definition) is 4. The van der Waals surface area contributed by atoms with E-state index in [-0.39, 0.29) is 43.1 Å². The third-order valence-electron chi connectivity index (χ3n) is 2.92. The van der Waals surface area contributed by atoms with E-state index in [2.05, 4.69) is 22.5 Å². The molecule has 1 unspecified atom stereocenters. The van der Waals surface area contributed by atoms with Crippen LogP contribution in [0.3, 0.4) is 0 Å². The Labute approximate surface area is 157 Å². The van der Waals surface area contributed by atoms with Gasteiger partial charge >= 0.3 is 5.97 Å². The molecule has 0 aromatic carbocycles. The Bertz CT molecular complexity index is 338. The van der Waals surface area contributed by atoms with Crippen LogP contribution in [0.25, 0.3) is 0 Å². The van der Waals surface area contributed by atoms with Gasteiger partial charge in [0.1, 0.15) is 12.1 Å². The fourth-order valence-corrected chi connectivity index (χ4v) is 2.04. The first-order valence-electron chi connectivity index (χ1n) is 8.17. The van der Waals surface area contributed by atoms with Gasteiger partial charge in [0.2, 0.25) is 0 Å².